The van der Waals surface area contributed by atoms with E-state index in [1.807, 2.05) is 18.2 Å². The topological polar surface area (TPSA) is 69.7 Å². The molecule has 1 atom stereocenters. The van der Waals surface area contributed by atoms with Gasteiger partial charge < -0.3 is 5.32 Å². The van der Waals surface area contributed by atoms with Crippen LogP contribution in [-0.4, -0.2) is 53.7 Å². The van der Waals surface area contributed by atoms with E-state index < -0.39 is 11.8 Å². The Kier molecular flexibility index (Phi) is 5.21. The van der Waals surface area contributed by atoms with Crippen LogP contribution in [0.2, 0.25) is 0 Å². The molecular weight excluding hydrogens is 354 g/mol. The second kappa shape index (κ2) is 7.94. The van der Waals surface area contributed by atoms with E-state index in [-0.39, 0.29) is 18.5 Å². The van der Waals surface area contributed by atoms with Crippen molar-refractivity contribution >= 4 is 17.7 Å². The second-order valence-electron chi connectivity index (χ2n) is 7.22. The van der Waals surface area contributed by atoms with Gasteiger partial charge in [-0.05, 0) is 43.6 Å². The summed E-state index contributed by atoms with van der Waals surface area (Å²) in [5.41, 5.74) is 1.88. The quantitative estimate of drug-likeness (QED) is 0.784. The van der Waals surface area contributed by atoms with Crippen molar-refractivity contribution in [2.45, 2.75) is 18.9 Å². The van der Waals surface area contributed by atoms with Crippen LogP contribution in [0.25, 0.3) is 0 Å². The first-order valence-corrected chi connectivity index (χ1v) is 9.66. The molecule has 0 saturated carbocycles. The van der Waals surface area contributed by atoms with E-state index in [0.29, 0.717) is 17.7 Å². The predicted molar refractivity (Wildman–Crippen MR) is 105 cm³/mol. The van der Waals surface area contributed by atoms with Crippen molar-refractivity contribution in [2.75, 3.05) is 26.2 Å². The molecule has 2 aliphatic heterocycles. The van der Waals surface area contributed by atoms with Crippen molar-refractivity contribution in [3.05, 3.63) is 71.3 Å². The summed E-state index contributed by atoms with van der Waals surface area (Å²) in [6.07, 6.45) is 2.32. The molecule has 1 fully saturated rings. The fourth-order valence-corrected chi connectivity index (χ4v) is 3.98. The van der Waals surface area contributed by atoms with Gasteiger partial charge in [0, 0.05) is 6.54 Å². The van der Waals surface area contributed by atoms with Gasteiger partial charge in [-0.25, -0.2) is 0 Å². The third kappa shape index (κ3) is 3.55. The van der Waals surface area contributed by atoms with Gasteiger partial charge in [0.1, 0.15) is 6.54 Å². The van der Waals surface area contributed by atoms with Crippen molar-refractivity contribution in [2.24, 2.45) is 0 Å². The third-order valence-electron chi connectivity index (χ3n) is 5.44. The smallest absolute Gasteiger partial charge is 0.262 e. The van der Waals surface area contributed by atoms with Crippen molar-refractivity contribution in [1.29, 1.82) is 0 Å². The first-order chi connectivity index (χ1) is 13.6. The Morgan fingerprint density at radius 1 is 0.893 bits per heavy atom. The number of imide groups is 1. The van der Waals surface area contributed by atoms with Gasteiger partial charge in [-0.3, -0.25) is 24.2 Å². The molecule has 0 spiro atoms. The Morgan fingerprint density at radius 3 is 2.07 bits per heavy atom. The first-order valence-electron chi connectivity index (χ1n) is 9.66. The lowest BCUT2D eigenvalue weighted by Gasteiger charge is -2.28. The summed E-state index contributed by atoms with van der Waals surface area (Å²) in [6, 6.07) is 16.9. The van der Waals surface area contributed by atoms with Gasteiger partial charge in [0.25, 0.3) is 11.8 Å². The van der Waals surface area contributed by atoms with Crippen LogP contribution in [0.4, 0.5) is 0 Å². The molecule has 1 N–H and O–H groups in total. The maximum atomic E-state index is 12.5. The molecule has 0 aliphatic carbocycles. The van der Waals surface area contributed by atoms with Gasteiger partial charge in [0.05, 0.1) is 17.2 Å². The van der Waals surface area contributed by atoms with Crippen molar-refractivity contribution in [3.8, 4) is 0 Å². The van der Waals surface area contributed by atoms with E-state index in [0.717, 1.165) is 36.4 Å². The maximum absolute atomic E-state index is 12.5. The molecule has 0 radical (unpaired) electrons. The Hall–Kier alpha value is -2.99. The van der Waals surface area contributed by atoms with E-state index >= 15 is 0 Å². The molecular formula is C22H23N3O3. The lowest BCUT2D eigenvalue weighted by Crippen LogP contribution is -2.43. The number of hydrogen-bond acceptors (Lipinski definition) is 4. The Bertz CT molecular complexity index is 856. The van der Waals surface area contributed by atoms with E-state index in [2.05, 4.69) is 22.3 Å². The summed E-state index contributed by atoms with van der Waals surface area (Å²) in [7, 11) is 0. The highest BCUT2D eigenvalue weighted by Crippen LogP contribution is 2.25. The summed E-state index contributed by atoms with van der Waals surface area (Å²) >= 11 is 0. The van der Waals surface area contributed by atoms with Crippen LogP contribution in [0, 0.1) is 0 Å². The van der Waals surface area contributed by atoms with Gasteiger partial charge in [-0.2, -0.15) is 0 Å². The Labute approximate surface area is 164 Å². The molecule has 0 aromatic heterocycles. The number of carbonyl (C=O) groups excluding carboxylic acids is 3. The van der Waals surface area contributed by atoms with Crippen LogP contribution in [0.15, 0.2) is 54.6 Å². The fourth-order valence-electron chi connectivity index (χ4n) is 3.98. The minimum atomic E-state index is -0.407. The van der Waals surface area contributed by atoms with Gasteiger partial charge in [-0.15, -0.1) is 0 Å². The number of fused-ring (bicyclic) bond motifs is 1. The molecule has 6 heteroatoms. The highest BCUT2D eigenvalue weighted by Gasteiger charge is 2.36. The first kappa shape index (κ1) is 18.4. The standard InChI is InChI=1S/C22H23N3O3/c26-20(15-25-21(27)17-10-4-5-11-18(17)22(25)28)23-14-19(24-12-6-7-13-24)16-8-2-1-3-9-16/h1-5,8-11,19H,6-7,12-15H2,(H,23,26). The molecule has 1 saturated heterocycles. The molecule has 1 unspecified atom stereocenters. The van der Waals surface area contributed by atoms with Gasteiger partial charge in [0.15, 0.2) is 0 Å². The largest absolute Gasteiger partial charge is 0.353 e. The molecule has 3 amide bonds. The average molecular weight is 377 g/mol. The van der Waals surface area contributed by atoms with Crippen LogP contribution in [0.1, 0.15) is 45.2 Å². The number of hydrogen-bond donors (Lipinski definition) is 1. The molecule has 28 heavy (non-hydrogen) atoms. The fraction of sp³-hybridized carbons (Fsp3) is 0.318. The van der Waals surface area contributed by atoms with Gasteiger partial charge in [-0.1, -0.05) is 42.5 Å². The second-order valence-corrected chi connectivity index (χ2v) is 7.22. The maximum Gasteiger partial charge on any atom is 0.262 e. The number of rotatable bonds is 6. The minimum Gasteiger partial charge on any atom is -0.353 e. The lowest BCUT2D eigenvalue weighted by atomic mass is 10.1. The zero-order chi connectivity index (χ0) is 19.5. The molecule has 2 aliphatic rings. The van der Waals surface area contributed by atoms with E-state index in [9.17, 15) is 14.4 Å². The summed E-state index contributed by atoms with van der Waals surface area (Å²) < 4.78 is 0. The number of nitrogens with one attached hydrogen (secondary N) is 1. The zero-order valence-electron chi connectivity index (χ0n) is 15.6. The van der Waals surface area contributed by atoms with Crippen molar-refractivity contribution in [1.82, 2.24) is 15.1 Å². The molecule has 2 heterocycles. The third-order valence-corrected chi connectivity index (χ3v) is 5.44. The molecule has 144 valence electrons. The Balaban J connectivity index is 1.41. The summed E-state index contributed by atoms with van der Waals surface area (Å²) in [5, 5.41) is 2.93. The molecule has 6 nitrogen and oxygen atoms in total. The number of nitrogens with zero attached hydrogens (tertiary/aromatic N) is 2. The highest BCUT2D eigenvalue weighted by atomic mass is 16.2. The van der Waals surface area contributed by atoms with E-state index in [1.165, 1.54) is 0 Å². The van der Waals surface area contributed by atoms with Crippen LogP contribution in [-0.2, 0) is 4.79 Å². The van der Waals surface area contributed by atoms with Gasteiger partial charge >= 0.3 is 0 Å². The van der Waals surface area contributed by atoms with Crippen LogP contribution in [0.5, 0.6) is 0 Å². The van der Waals surface area contributed by atoms with Crippen LogP contribution in [0.3, 0.4) is 0 Å². The lowest BCUT2D eigenvalue weighted by molar-refractivity contribution is -0.121. The Morgan fingerprint density at radius 2 is 1.46 bits per heavy atom. The number of benzene rings is 2. The summed E-state index contributed by atoms with van der Waals surface area (Å²) in [6.45, 7) is 2.21. The average Bonchev–Trinajstić information content (AvgIpc) is 3.33. The van der Waals surface area contributed by atoms with Crippen LogP contribution < -0.4 is 5.32 Å². The van der Waals surface area contributed by atoms with Gasteiger partial charge in [0.2, 0.25) is 5.91 Å². The summed E-state index contributed by atoms with van der Waals surface area (Å²) in [5.74, 6) is -1.14. The SMILES string of the molecule is O=C(CN1C(=O)c2ccccc2C1=O)NCC(c1ccccc1)N1CCCC1. The van der Waals surface area contributed by atoms with Crippen molar-refractivity contribution in [3.63, 3.8) is 0 Å². The normalized spacial score (nSPS) is 17.6. The molecule has 4 rings (SSSR count). The number of likely N-dealkylation sites (tertiary alicyclic amines) is 1. The minimum absolute atomic E-state index is 0.0924. The van der Waals surface area contributed by atoms with E-state index in [1.54, 1.807) is 24.3 Å². The number of amides is 3. The number of carbonyl (C=O) groups is 3. The molecule has 2 aromatic carbocycles. The monoisotopic (exact) mass is 377 g/mol. The molecule has 2 aromatic rings. The summed E-state index contributed by atoms with van der Waals surface area (Å²) in [4.78, 5) is 40.8. The zero-order valence-corrected chi connectivity index (χ0v) is 15.6. The highest BCUT2D eigenvalue weighted by molar-refractivity contribution is 6.22. The van der Waals surface area contributed by atoms with Crippen molar-refractivity contribution < 1.29 is 14.4 Å². The predicted octanol–water partition coefficient (Wildman–Crippen LogP) is 2.24. The van der Waals surface area contributed by atoms with E-state index in [4.69, 9.17) is 0 Å². The van der Waals surface area contributed by atoms with Crippen LogP contribution >= 0.6 is 0 Å². The molecule has 0 bridgehead atoms.